The summed E-state index contributed by atoms with van der Waals surface area (Å²) in [5, 5.41) is 9.09. The largest absolute Gasteiger partial charge is 0.392 e. The van der Waals surface area contributed by atoms with Crippen molar-refractivity contribution < 1.29 is 9.90 Å². The van der Waals surface area contributed by atoms with Crippen LogP contribution in [0.5, 0.6) is 0 Å². The topological polar surface area (TPSA) is 50.2 Å². The van der Waals surface area contributed by atoms with Gasteiger partial charge in [-0.2, -0.15) is 0 Å². The van der Waals surface area contributed by atoms with Crippen LogP contribution < -0.4 is 0 Å². The molecule has 0 bridgehead atoms. The van der Waals surface area contributed by atoms with E-state index in [4.69, 9.17) is 5.11 Å². The summed E-state index contributed by atoms with van der Waals surface area (Å²) < 4.78 is 0. The van der Waals surface area contributed by atoms with Crippen LogP contribution in [0.15, 0.2) is 6.07 Å². The highest BCUT2D eigenvalue weighted by Gasteiger charge is 2.07. The molecule has 1 aromatic heterocycles. The molecule has 0 atom stereocenters. The molecule has 1 rings (SSSR count). The molecule has 0 aliphatic heterocycles. The van der Waals surface area contributed by atoms with Crippen LogP contribution >= 0.6 is 0 Å². The van der Waals surface area contributed by atoms with Crippen LogP contribution in [0.25, 0.3) is 0 Å². The van der Waals surface area contributed by atoms with E-state index in [2.05, 4.69) is 11.9 Å². The number of aromatic nitrogens is 1. The van der Waals surface area contributed by atoms with E-state index in [1.807, 2.05) is 13.0 Å². The number of carbonyl (C=O) groups excluding carboxylic acids is 1. The van der Waals surface area contributed by atoms with Crippen molar-refractivity contribution in [1.29, 1.82) is 0 Å². The predicted octanol–water partition coefficient (Wildman–Crippen LogP) is 2.04. The first kappa shape index (κ1) is 11.9. The lowest BCUT2D eigenvalue weighted by atomic mass is 10.0. The van der Waals surface area contributed by atoms with Crippen LogP contribution in [0.3, 0.4) is 0 Å². The third-order valence-electron chi connectivity index (χ3n) is 2.51. The Labute approximate surface area is 90.2 Å². The lowest BCUT2D eigenvalue weighted by Gasteiger charge is -2.08. The lowest BCUT2D eigenvalue weighted by molar-refractivity contribution is 0.111. The van der Waals surface area contributed by atoms with Crippen molar-refractivity contribution in [3.8, 4) is 0 Å². The second-order valence-corrected chi connectivity index (χ2v) is 3.66. The van der Waals surface area contributed by atoms with Gasteiger partial charge in [-0.1, -0.05) is 13.3 Å². The van der Waals surface area contributed by atoms with Gasteiger partial charge in [0.05, 0.1) is 6.61 Å². The Kier molecular flexibility index (Phi) is 4.43. The molecule has 0 unspecified atom stereocenters. The summed E-state index contributed by atoms with van der Waals surface area (Å²) in [5.74, 6) is 0. The molecule has 15 heavy (non-hydrogen) atoms. The van der Waals surface area contributed by atoms with Crippen molar-refractivity contribution in [3.63, 3.8) is 0 Å². The summed E-state index contributed by atoms with van der Waals surface area (Å²) in [6.07, 6.45) is 3.89. The smallest absolute Gasteiger partial charge is 0.168 e. The van der Waals surface area contributed by atoms with E-state index in [1.54, 1.807) is 0 Å². The molecule has 0 aliphatic rings. The maximum absolute atomic E-state index is 10.7. The summed E-state index contributed by atoms with van der Waals surface area (Å²) in [6.45, 7) is 3.91. The van der Waals surface area contributed by atoms with Gasteiger partial charge in [0.2, 0.25) is 0 Å². The van der Waals surface area contributed by atoms with E-state index in [9.17, 15) is 4.79 Å². The van der Waals surface area contributed by atoms with Gasteiger partial charge < -0.3 is 5.11 Å². The van der Waals surface area contributed by atoms with Crippen LogP contribution in [0.1, 0.15) is 47.1 Å². The molecule has 0 fully saturated rings. The number of aliphatic hydroxyl groups is 1. The molecule has 1 N–H and O–H groups in total. The molecule has 0 saturated heterocycles. The highest BCUT2D eigenvalue weighted by atomic mass is 16.3. The zero-order valence-electron chi connectivity index (χ0n) is 9.29. The average Bonchev–Trinajstić information content (AvgIpc) is 2.27. The van der Waals surface area contributed by atoms with Crippen LogP contribution in [0, 0.1) is 6.92 Å². The predicted molar refractivity (Wildman–Crippen MR) is 58.9 cm³/mol. The first-order valence-corrected chi connectivity index (χ1v) is 5.28. The maximum Gasteiger partial charge on any atom is 0.168 e. The van der Waals surface area contributed by atoms with Gasteiger partial charge in [0.15, 0.2) is 6.29 Å². The van der Waals surface area contributed by atoms with Crippen LogP contribution in [0.2, 0.25) is 0 Å². The van der Waals surface area contributed by atoms with Gasteiger partial charge in [-0.15, -0.1) is 0 Å². The van der Waals surface area contributed by atoms with Gasteiger partial charge in [0.25, 0.3) is 0 Å². The molecule has 0 amide bonds. The number of aldehydes is 1. The van der Waals surface area contributed by atoms with Crippen LogP contribution in [-0.2, 0) is 13.0 Å². The minimum atomic E-state index is -0.125. The fourth-order valence-corrected chi connectivity index (χ4v) is 1.56. The molecule has 1 heterocycles. The first-order chi connectivity index (χ1) is 7.22. The SMILES string of the molecule is CCCCc1cc(CO)c(C=O)nc1C. The highest BCUT2D eigenvalue weighted by Crippen LogP contribution is 2.14. The van der Waals surface area contributed by atoms with Crippen molar-refractivity contribution in [2.75, 3.05) is 0 Å². The van der Waals surface area contributed by atoms with E-state index >= 15 is 0 Å². The van der Waals surface area contributed by atoms with Gasteiger partial charge in [0.1, 0.15) is 5.69 Å². The molecule has 82 valence electrons. The number of rotatable bonds is 5. The first-order valence-electron chi connectivity index (χ1n) is 5.28. The average molecular weight is 207 g/mol. The zero-order chi connectivity index (χ0) is 11.3. The number of carbonyl (C=O) groups is 1. The molecule has 3 heteroatoms. The summed E-state index contributed by atoms with van der Waals surface area (Å²) in [6, 6.07) is 1.89. The van der Waals surface area contributed by atoms with Crippen LogP contribution in [-0.4, -0.2) is 16.4 Å². The van der Waals surface area contributed by atoms with Crippen LogP contribution in [0.4, 0.5) is 0 Å². The van der Waals surface area contributed by atoms with Crippen molar-refractivity contribution in [1.82, 2.24) is 4.98 Å². The Hall–Kier alpha value is -1.22. The fourth-order valence-electron chi connectivity index (χ4n) is 1.56. The molecular weight excluding hydrogens is 190 g/mol. The minimum Gasteiger partial charge on any atom is -0.392 e. The van der Waals surface area contributed by atoms with Crippen molar-refractivity contribution in [2.24, 2.45) is 0 Å². The molecule has 1 aromatic rings. The van der Waals surface area contributed by atoms with Gasteiger partial charge in [-0.05, 0) is 31.4 Å². The van der Waals surface area contributed by atoms with Gasteiger partial charge in [-0.3, -0.25) is 4.79 Å². The van der Waals surface area contributed by atoms with E-state index in [1.165, 1.54) is 0 Å². The van der Waals surface area contributed by atoms with Crippen molar-refractivity contribution in [3.05, 3.63) is 28.6 Å². The minimum absolute atomic E-state index is 0.125. The Morgan fingerprint density at radius 3 is 2.73 bits per heavy atom. The highest BCUT2D eigenvalue weighted by molar-refractivity contribution is 5.74. The molecular formula is C12H17NO2. The number of aliphatic hydroxyl groups excluding tert-OH is 1. The van der Waals surface area contributed by atoms with E-state index in [0.29, 0.717) is 17.5 Å². The number of nitrogens with zero attached hydrogens (tertiary/aromatic N) is 1. The van der Waals surface area contributed by atoms with E-state index < -0.39 is 0 Å². The fraction of sp³-hybridized carbons (Fsp3) is 0.500. The Morgan fingerprint density at radius 1 is 1.47 bits per heavy atom. The maximum atomic E-state index is 10.7. The Morgan fingerprint density at radius 2 is 2.20 bits per heavy atom. The van der Waals surface area contributed by atoms with Gasteiger partial charge >= 0.3 is 0 Å². The molecule has 0 saturated carbocycles. The molecule has 0 radical (unpaired) electrons. The second kappa shape index (κ2) is 5.61. The zero-order valence-corrected chi connectivity index (χ0v) is 9.29. The number of hydrogen-bond acceptors (Lipinski definition) is 3. The van der Waals surface area contributed by atoms with Crippen molar-refractivity contribution >= 4 is 6.29 Å². The van der Waals surface area contributed by atoms with E-state index in [-0.39, 0.29) is 6.61 Å². The monoisotopic (exact) mass is 207 g/mol. The summed E-state index contributed by atoms with van der Waals surface area (Å²) >= 11 is 0. The standard InChI is InChI=1S/C12H17NO2/c1-3-4-5-10-6-11(7-14)12(8-15)13-9(10)2/h6,8,14H,3-5,7H2,1-2H3. The molecule has 0 aliphatic carbocycles. The van der Waals surface area contributed by atoms with Crippen molar-refractivity contribution in [2.45, 2.75) is 39.7 Å². The summed E-state index contributed by atoms with van der Waals surface area (Å²) in [5.41, 5.74) is 3.01. The number of hydrogen-bond donors (Lipinski definition) is 1. The molecule has 0 spiro atoms. The van der Waals surface area contributed by atoms with Gasteiger partial charge in [0, 0.05) is 11.3 Å². The Balaban J connectivity index is 3.02. The Bertz CT molecular complexity index is 348. The molecule has 3 nitrogen and oxygen atoms in total. The summed E-state index contributed by atoms with van der Waals surface area (Å²) in [7, 11) is 0. The number of aryl methyl sites for hydroxylation is 2. The quantitative estimate of drug-likeness (QED) is 0.752. The second-order valence-electron chi connectivity index (χ2n) is 3.66. The number of pyridine rings is 1. The number of unbranched alkanes of at least 4 members (excludes halogenated alkanes) is 1. The van der Waals surface area contributed by atoms with E-state index in [0.717, 1.165) is 30.5 Å². The third-order valence-corrected chi connectivity index (χ3v) is 2.51. The normalized spacial score (nSPS) is 10.3. The lowest BCUT2D eigenvalue weighted by Crippen LogP contribution is -2.03. The van der Waals surface area contributed by atoms with Gasteiger partial charge in [-0.25, -0.2) is 4.98 Å². The summed E-state index contributed by atoms with van der Waals surface area (Å²) in [4.78, 5) is 14.9. The third kappa shape index (κ3) is 2.86. The molecule has 0 aromatic carbocycles.